The minimum absolute atomic E-state index is 0.0314. The first-order chi connectivity index (χ1) is 12.2. The third-order valence-corrected chi connectivity index (χ3v) is 3.31. The molecule has 0 atom stereocenters. The molecule has 4 nitrogen and oxygen atoms in total. The summed E-state index contributed by atoms with van der Waals surface area (Å²) in [6.45, 7) is 1.33. The zero-order valence-corrected chi connectivity index (χ0v) is 13.8. The fraction of sp³-hybridized carbons (Fsp3) is 0.158. The molecule has 0 aliphatic heterocycles. The van der Waals surface area contributed by atoms with Crippen molar-refractivity contribution in [1.29, 1.82) is 0 Å². The summed E-state index contributed by atoms with van der Waals surface area (Å²) in [6.07, 6.45) is -1.80. The summed E-state index contributed by atoms with van der Waals surface area (Å²) in [5.41, 5.74) is 0.960. The predicted molar refractivity (Wildman–Crippen MR) is 91.2 cm³/mol. The molecule has 2 aromatic carbocycles. The van der Waals surface area contributed by atoms with Crippen LogP contribution in [0.15, 0.2) is 54.6 Å². The Bertz CT molecular complexity index is 812. The summed E-state index contributed by atoms with van der Waals surface area (Å²) >= 11 is 0. The molecule has 136 valence electrons. The number of ether oxygens (including phenoxy) is 1. The molecule has 0 aliphatic rings. The number of alkyl halides is 3. The van der Waals surface area contributed by atoms with Crippen LogP contribution in [0.4, 0.5) is 18.9 Å². The third kappa shape index (κ3) is 6.08. The van der Waals surface area contributed by atoms with Crippen molar-refractivity contribution in [2.24, 2.45) is 0 Å². The zero-order valence-electron chi connectivity index (χ0n) is 13.8. The number of hydrogen-bond acceptors (Lipinski definition) is 3. The van der Waals surface area contributed by atoms with E-state index in [9.17, 15) is 22.8 Å². The highest BCUT2D eigenvalue weighted by molar-refractivity contribution is 5.94. The van der Waals surface area contributed by atoms with Crippen molar-refractivity contribution >= 4 is 23.6 Å². The van der Waals surface area contributed by atoms with Crippen molar-refractivity contribution in [1.82, 2.24) is 0 Å². The zero-order chi connectivity index (χ0) is 19.2. The molecule has 2 rings (SSSR count). The second-order valence-electron chi connectivity index (χ2n) is 5.48. The average molecular weight is 363 g/mol. The fourth-order valence-corrected chi connectivity index (χ4v) is 2.00. The number of benzene rings is 2. The summed E-state index contributed by atoms with van der Waals surface area (Å²) in [6, 6.07) is 11.6. The molecule has 0 aliphatic carbocycles. The van der Waals surface area contributed by atoms with E-state index in [-0.39, 0.29) is 5.69 Å². The quantitative estimate of drug-likeness (QED) is 0.640. The number of esters is 1. The van der Waals surface area contributed by atoms with Gasteiger partial charge >= 0.3 is 12.1 Å². The van der Waals surface area contributed by atoms with Crippen molar-refractivity contribution < 1.29 is 27.5 Å². The molecule has 0 radical (unpaired) electrons. The van der Waals surface area contributed by atoms with Crippen LogP contribution in [-0.4, -0.2) is 18.5 Å². The van der Waals surface area contributed by atoms with Crippen LogP contribution in [0, 0.1) is 6.92 Å². The normalized spacial score (nSPS) is 11.4. The van der Waals surface area contributed by atoms with Gasteiger partial charge in [-0.1, -0.05) is 35.9 Å². The first kappa shape index (κ1) is 19.2. The average Bonchev–Trinajstić information content (AvgIpc) is 2.59. The maximum absolute atomic E-state index is 12.6. The number of halogens is 3. The Kier molecular flexibility index (Phi) is 6.16. The maximum Gasteiger partial charge on any atom is 0.416 e. The minimum atomic E-state index is -4.51. The van der Waals surface area contributed by atoms with Gasteiger partial charge in [0.1, 0.15) is 0 Å². The number of carbonyl (C=O) groups excluding carboxylic acids is 2. The number of aryl methyl sites for hydroxylation is 1. The highest BCUT2D eigenvalue weighted by atomic mass is 19.4. The van der Waals surface area contributed by atoms with Gasteiger partial charge in [-0.25, -0.2) is 4.79 Å². The molecule has 0 saturated heterocycles. The van der Waals surface area contributed by atoms with E-state index < -0.39 is 30.2 Å². The molecule has 0 unspecified atom stereocenters. The van der Waals surface area contributed by atoms with Gasteiger partial charge < -0.3 is 10.1 Å². The highest BCUT2D eigenvalue weighted by Gasteiger charge is 2.30. The molecule has 0 saturated carbocycles. The van der Waals surface area contributed by atoms with E-state index in [1.165, 1.54) is 24.3 Å². The molecule has 1 amide bonds. The van der Waals surface area contributed by atoms with Crippen LogP contribution in [0.3, 0.4) is 0 Å². The van der Waals surface area contributed by atoms with Crippen LogP contribution in [0.5, 0.6) is 0 Å². The lowest BCUT2D eigenvalue weighted by atomic mass is 10.1. The van der Waals surface area contributed by atoms with Crippen LogP contribution in [-0.2, 0) is 20.5 Å². The summed E-state index contributed by atoms with van der Waals surface area (Å²) < 4.78 is 42.6. The van der Waals surface area contributed by atoms with E-state index in [0.717, 1.165) is 23.3 Å². The van der Waals surface area contributed by atoms with E-state index in [1.807, 2.05) is 31.2 Å². The van der Waals surface area contributed by atoms with Gasteiger partial charge in [-0.05, 0) is 36.8 Å². The number of rotatable bonds is 5. The maximum atomic E-state index is 12.6. The van der Waals surface area contributed by atoms with Gasteiger partial charge in [0, 0.05) is 11.8 Å². The number of nitrogens with one attached hydrogen (secondary N) is 1. The predicted octanol–water partition coefficient (Wildman–Crippen LogP) is 4.21. The number of amides is 1. The lowest BCUT2D eigenvalue weighted by molar-refractivity contribution is -0.142. The van der Waals surface area contributed by atoms with Gasteiger partial charge in [0.2, 0.25) is 0 Å². The topological polar surface area (TPSA) is 55.4 Å². The lowest BCUT2D eigenvalue weighted by Crippen LogP contribution is -2.20. The first-order valence-electron chi connectivity index (χ1n) is 7.62. The lowest BCUT2D eigenvalue weighted by Gasteiger charge is -2.09. The third-order valence-electron chi connectivity index (χ3n) is 3.31. The summed E-state index contributed by atoms with van der Waals surface area (Å²) in [7, 11) is 0. The first-order valence-corrected chi connectivity index (χ1v) is 7.62. The van der Waals surface area contributed by atoms with Crippen molar-refractivity contribution in [2.75, 3.05) is 11.9 Å². The Hall–Kier alpha value is -3.09. The van der Waals surface area contributed by atoms with Crippen LogP contribution >= 0.6 is 0 Å². The van der Waals surface area contributed by atoms with E-state index in [4.69, 9.17) is 4.74 Å². The van der Waals surface area contributed by atoms with Crippen molar-refractivity contribution in [2.45, 2.75) is 13.1 Å². The Morgan fingerprint density at radius 1 is 1.12 bits per heavy atom. The number of carbonyl (C=O) groups is 2. The molecule has 0 aromatic heterocycles. The van der Waals surface area contributed by atoms with Crippen molar-refractivity contribution in [3.8, 4) is 0 Å². The minimum Gasteiger partial charge on any atom is -0.452 e. The molecule has 0 bridgehead atoms. The van der Waals surface area contributed by atoms with Crippen molar-refractivity contribution in [3.05, 3.63) is 71.3 Å². The van der Waals surface area contributed by atoms with Crippen LogP contribution in [0.25, 0.3) is 6.08 Å². The molecular weight excluding hydrogens is 347 g/mol. The van der Waals surface area contributed by atoms with Crippen LogP contribution < -0.4 is 5.32 Å². The van der Waals surface area contributed by atoms with Gasteiger partial charge in [0.25, 0.3) is 5.91 Å². The van der Waals surface area contributed by atoms with E-state index in [2.05, 4.69) is 5.32 Å². The second-order valence-corrected chi connectivity index (χ2v) is 5.48. The Labute approximate surface area is 148 Å². The van der Waals surface area contributed by atoms with Gasteiger partial charge in [-0.15, -0.1) is 0 Å². The molecule has 1 N–H and O–H groups in total. The molecule has 0 spiro atoms. The van der Waals surface area contributed by atoms with E-state index in [1.54, 1.807) is 0 Å². The Balaban J connectivity index is 1.85. The Morgan fingerprint density at radius 3 is 2.46 bits per heavy atom. The summed E-state index contributed by atoms with van der Waals surface area (Å²) in [5, 5.41) is 2.25. The standard InChI is InChI=1S/C19H16F3NO3/c1-13-5-7-14(8-6-13)9-10-18(25)26-12-17(24)23-16-4-2-3-15(11-16)19(20,21)22/h2-11H,12H2,1H3,(H,23,24). The summed E-state index contributed by atoms with van der Waals surface area (Å²) in [5.74, 6) is -1.47. The fourth-order valence-electron chi connectivity index (χ4n) is 2.00. The largest absolute Gasteiger partial charge is 0.452 e. The van der Waals surface area contributed by atoms with Crippen molar-refractivity contribution in [3.63, 3.8) is 0 Å². The summed E-state index contributed by atoms with van der Waals surface area (Å²) in [4.78, 5) is 23.3. The Morgan fingerprint density at radius 2 is 1.81 bits per heavy atom. The van der Waals surface area contributed by atoms with E-state index >= 15 is 0 Å². The van der Waals surface area contributed by atoms with Gasteiger partial charge in [0.05, 0.1) is 5.56 Å². The van der Waals surface area contributed by atoms with Crippen LogP contribution in [0.2, 0.25) is 0 Å². The number of hydrogen-bond donors (Lipinski definition) is 1. The van der Waals surface area contributed by atoms with Gasteiger partial charge in [-0.3, -0.25) is 4.79 Å². The highest BCUT2D eigenvalue weighted by Crippen LogP contribution is 2.30. The molecule has 26 heavy (non-hydrogen) atoms. The van der Waals surface area contributed by atoms with E-state index in [0.29, 0.717) is 0 Å². The molecule has 2 aromatic rings. The second kappa shape index (κ2) is 8.33. The molecule has 7 heteroatoms. The van der Waals surface area contributed by atoms with Gasteiger partial charge in [0.15, 0.2) is 6.61 Å². The number of anilines is 1. The van der Waals surface area contributed by atoms with Gasteiger partial charge in [-0.2, -0.15) is 13.2 Å². The smallest absolute Gasteiger partial charge is 0.416 e. The molecular formula is C19H16F3NO3. The SMILES string of the molecule is Cc1ccc(C=CC(=O)OCC(=O)Nc2cccc(C(F)(F)F)c2)cc1. The van der Waals surface area contributed by atoms with Crippen LogP contribution in [0.1, 0.15) is 16.7 Å². The molecule has 0 fully saturated rings. The monoisotopic (exact) mass is 363 g/mol. The molecule has 0 heterocycles.